The summed E-state index contributed by atoms with van der Waals surface area (Å²) >= 11 is 4.32. The fourth-order valence-electron chi connectivity index (χ4n) is 1.04. The summed E-state index contributed by atoms with van der Waals surface area (Å²) in [6.07, 6.45) is 0. The Kier molecular flexibility index (Phi) is 1.88. The average molecular weight is 249 g/mol. The van der Waals surface area contributed by atoms with Gasteiger partial charge >= 0.3 is 0 Å². The number of hydrogen-bond acceptors (Lipinski definition) is 1. The first kappa shape index (κ1) is 8.13. The lowest BCUT2D eigenvalue weighted by Crippen LogP contribution is -1.81. The molecule has 0 aliphatic rings. The minimum absolute atomic E-state index is 0.333. The molecule has 0 saturated heterocycles. The van der Waals surface area contributed by atoms with Crippen LogP contribution in [-0.2, 0) is 0 Å². The number of benzene rings is 1. The Morgan fingerprint density at radius 3 is 2.75 bits per heavy atom. The second-order valence-corrected chi connectivity index (χ2v) is 4.03. The summed E-state index contributed by atoms with van der Waals surface area (Å²) in [4.78, 5) is 0. The first-order valence-corrected chi connectivity index (χ1v) is 4.88. The van der Waals surface area contributed by atoms with E-state index in [1.807, 2.05) is 0 Å². The maximum atomic E-state index is 13.0. The van der Waals surface area contributed by atoms with Crippen molar-refractivity contribution in [3.8, 4) is 0 Å². The molecule has 12 heavy (non-hydrogen) atoms. The summed E-state index contributed by atoms with van der Waals surface area (Å²) in [7, 11) is 0. The molecule has 0 aliphatic heterocycles. The van der Waals surface area contributed by atoms with E-state index < -0.39 is 11.6 Å². The highest BCUT2D eigenvalue weighted by Gasteiger charge is 2.10. The molecular formula is C8H3BrF2S. The van der Waals surface area contributed by atoms with Gasteiger partial charge in [-0.15, -0.1) is 11.3 Å². The topological polar surface area (TPSA) is 0 Å². The van der Waals surface area contributed by atoms with Crippen LogP contribution in [0.2, 0.25) is 0 Å². The lowest BCUT2D eigenvalue weighted by molar-refractivity contribution is 0.589. The first-order valence-electron chi connectivity index (χ1n) is 3.21. The molecule has 1 aromatic carbocycles. The smallest absolute Gasteiger partial charge is 0.143 e. The molecule has 0 unspecified atom stereocenters. The summed E-state index contributed by atoms with van der Waals surface area (Å²) in [6, 6.07) is 2.58. The van der Waals surface area contributed by atoms with Crippen molar-refractivity contribution in [2.45, 2.75) is 0 Å². The van der Waals surface area contributed by atoms with E-state index in [0.717, 1.165) is 6.07 Å². The van der Waals surface area contributed by atoms with Crippen LogP contribution < -0.4 is 0 Å². The molecule has 0 saturated carbocycles. The normalized spacial score (nSPS) is 10.9. The molecule has 0 spiro atoms. The van der Waals surface area contributed by atoms with Crippen LogP contribution in [0.5, 0.6) is 0 Å². The summed E-state index contributed by atoms with van der Waals surface area (Å²) in [5, 5.41) is 2.33. The minimum Gasteiger partial charge on any atom is -0.206 e. The number of rotatable bonds is 0. The lowest BCUT2D eigenvalue weighted by Gasteiger charge is -1.97. The first-order chi connectivity index (χ1) is 5.70. The third-order valence-corrected chi connectivity index (χ3v) is 3.31. The highest BCUT2D eigenvalue weighted by Crippen LogP contribution is 2.32. The monoisotopic (exact) mass is 248 g/mol. The van der Waals surface area contributed by atoms with Gasteiger partial charge in [-0.3, -0.25) is 0 Å². The van der Waals surface area contributed by atoms with E-state index in [4.69, 9.17) is 0 Å². The third-order valence-electron chi connectivity index (χ3n) is 1.58. The summed E-state index contributed by atoms with van der Waals surface area (Å²) < 4.78 is 26.7. The molecule has 0 amide bonds. The molecule has 4 heteroatoms. The highest BCUT2D eigenvalue weighted by molar-refractivity contribution is 9.10. The van der Waals surface area contributed by atoms with Gasteiger partial charge in [-0.25, -0.2) is 8.78 Å². The predicted octanol–water partition coefficient (Wildman–Crippen LogP) is 3.94. The van der Waals surface area contributed by atoms with Gasteiger partial charge in [-0.2, -0.15) is 0 Å². The van der Waals surface area contributed by atoms with E-state index in [9.17, 15) is 8.78 Å². The fraction of sp³-hybridized carbons (Fsp3) is 0. The SMILES string of the molecule is Fc1cc(F)c2sccc2c1Br. The van der Waals surface area contributed by atoms with Gasteiger partial charge in [0.05, 0.1) is 9.17 Å². The zero-order valence-electron chi connectivity index (χ0n) is 5.77. The minimum atomic E-state index is -0.557. The maximum Gasteiger partial charge on any atom is 0.143 e. The van der Waals surface area contributed by atoms with Crippen molar-refractivity contribution in [2.75, 3.05) is 0 Å². The third kappa shape index (κ3) is 1.06. The van der Waals surface area contributed by atoms with Gasteiger partial charge in [0.2, 0.25) is 0 Å². The van der Waals surface area contributed by atoms with Crippen LogP contribution in [0.1, 0.15) is 0 Å². The van der Waals surface area contributed by atoms with E-state index in [1.165, 1.54) is 11.3 Å². The van der Waals surface area contributed by atoms with Crippen LogP contribution in [0.4, 0.5) is 8.78 Å². The largest absolute Gasteiger partial charge is 0.206 e. The predicted molar refractivity (Wildman–Crippen MR) is 49.4 cm³/mol. The average Bonchev–Trinajstić information content (AvgIpc) is 2.48. The Morgan fingerprint density at radius 2 is 2.00 bits per heavy atom. The van der Waals surface area contributed by atoms with Crippen molar-refractivity contribution in [1.29, 1.82) is 0 Å². The Hall–Kier alpha value is -0.480. The Labute approximate surface area is 80.0 Å². The van der Waals surface area contributed by atoms with Crippen LogP contribution >= 0.6 is 27.3 Å². The number of thiophene rings is 1. The van der Waals surface area contributed by atoms with Crippen molar-refractivity contribution >= 4 is 37.4 Å². The quantitative estimate of drug-likeness (QED) is 0.620. The van der Waals surface area contributed by atoms with Gasteiger partial charge < -0.3 is 0 Å². The van der Waals surface area contributed by atoms with Gasteiger partial charge in [0.15, 0.2) is 0 Å². The van der Waals surface area contributed by atoms with Gasteiger partial charge in [0.1, 0.15) is 11.6 Å². The van der Waals surface area contributed by atoms with Gasteiger partial charge in [-0.1, -0.05) is 0 Å². The zero-order chi connectivity index (χ0) is 8.72. The Morgan fingerprint density at radius 1 is 1.25 bits per heavy atom. The second-order valence-electron chi connectivity index (χ2n) is 2.32. The van der Waals surface area contributed by atoms with E-state index >= 15 is 0 Å². The van der Waals surface area contributed by atoms with E-state index in [1.54, 1.807) is 11.4 Å². The second kappa shape index (κ2) is 2.78. The van der Waals surface area contributed by atoms with Gasteiger partial charge in [0, 0.05) is 11.5 Å². The lowest BCUT2D eigenvalue weighted by atomic mass is 10.2. The molecule has 0 aliphatic carbocycles. The standard InChI is InChI=1S/C8H3BrF2S/c9-7-4-1-2-12-8(4)6(11)3-5(7)10/h1-3H. The maximum absolute atomic E-state index is 13.0. The molecule has 0 atom stereocenters. The molecule has 2 rings (SSSR count). The van der Waals surface area contributed by atoms with Crippen molar-refractivity contribution in [3.05, 3.63) is 33.6 Å². The molecular weight excluding hydrogens is 246 g/mol. The van der Waals surface area contributed by atoms with E-state index in [2.05, 4.69) is 15.9 Å². The fourth-order valence-corrected chi connectivity index (χ4v) is 2.42. The van der Waals surface area contributed by atoms with Crippen LogP contribution in [0, 0.1) is 11.6 Å². The molecule has 0 radical (unpaired) electrons. The van der Waals surface area contributed by atoms with Crippen molar-refractivity contribution < 1.29 is 8.78 Å². The summed E-state index contributed by atoms with van der Waals surface area (Å²) in [6.45, 7) is 0. The molecule has 0 nitrogen and oxygen atoms in total. The van der Waals surface area contributed by atoms with Crippen molar-refractivity contribution in [2.24, 2.45) is 0 Å². The molecule has 62 valence electrons. The molecule has 2 aromatic rings. The van der Waals surface area contributed by atoms with Gasteiger partial charge in [-0.05, 0) is 27.4 Å². The van der Waals surface area contributed by atoms with Gasteiger partial charge in [0.25, 0.3) is 0 Å². The molecule has 0 N–H and O–H groups in total. The molecule has 0 bridgehead atoms. The number of fused-ring (bicyclic) bond motifs is 1. The summed E-state index contributed by atoms with van der Waals surface area (Å²) in [5.74, 6) is -1.06. The van der Waals surface area contributed by atoms with Crippen molar-refractivity contribution in [3.63, 3.8) is 0 Å². The van der Waals surface area contributed by atoms with Crippen LogP contribution in [0.15, 0.2) is 22.0 Å². The highest BCUT2D eigenvalue weighted by atomic mass is 79.9. The molecule has 1 heterocycles. The van der Waals surface area contributed by atoms with Crippen LogP contribution in [0.25, 0.3) is 10.1 Å². The van der Waals surface area contributed by atoms with Crippen LogP contribution in [-0.4, -0.2) is 0 Å². The van der Waals surface area contributed by atoms with E-state index in [0.29, 0.717) is 14.6 Å². The van der Waals surface area contributed by atoms with Crippen LogP contribution in [0.3, 0.4) is 0 Å². The van der Waals surface area contributed by atoms with E-state index in [-0.39, 0.29) is 0 Å². The zero-order valence-corrected chi connectivity index (χ0v) is 8.18. The number of halogens is 3. The van der Waals surface area contributed by atoms with Crippen molar-refractivity contribution in [1.82, 2.24) is 0 Å². The Balaban J connectivity index is 2.97. The summed E-state index contributed by atoms with van der Waals surface area (Å²) in [5.41, 5.74) is 0. The molecule has 0 fully saturated rings. The number of hydrogen-bond donors (Lipinski definition) is 0. The Bertz CT molecular complexity index is 436. The molecule has 1 aromatic heterocycles.